The van der Waals surface area contributed by atoms with E-state index in [9.17, 15) is 16.8 Å². The topological polar surface area (TPSA) is 136 Å². The largest absolute Gasteiger partial charge is 0.481 e. The van der Waals surface area contributed by atoms with Crippen molar-refractivity contribution < 1.29 is 26.3 Å². The van der Waals surface area contributed by atoms with E-state index in [1.807, 2.05) is 0 Å². The lowest BCUT2D eigenvalue weighted by atomic mass is 10.5. The third-order valence-corrected chi connectivity index (χ3v) is 5.54. The molecule has 26 heavy (non-hydrogen) atoms. The normalized spacial score (nSPS) is 10.8. The van der Waals surface area contributed by atoms with Crippen LogP contribution in [-0.4, -0.2) is 46.8 Å². The van der Waals surface area contributed by atoms with E-state index in [4.69, 9.17) is 25.4 Å². The first-order valence-corrected chi connectivity index (χ1v) is 10.6. The molecule has 0 fully saturated rings. The van der Waals surface area contributed by atoms with Gasteiger partial charge in [-0.2, -0.15) is 5.26 Å². The van der Waals surface area contributed by atoms with Crippen molar-refractivity contribution in [2.45, 2.75) is 9.79 Å². The standard InChI is InChI=1S/C8H8N2O3S.C6H6ClNO3S/c1-13-8-3-2-7(6-10-8)14(11,12)5-4-9;1-11-6-3-2-5(4-8-6)12(7,9)10/h2-3,6H,5H2,1H3;2-4H,1H3. The second-order valence-corrected chi connectivity index (χ2v) is 8.98. The molecule has 0 atom stereocenters. The highest BCUT2D eigenvalue weighted by atomic mass is 35.7. The maximum absolute atomic E-state index is 11.3. The Balaban J connectivity index is 0.000000263. The number of methoxy groups -OCH3 is 2. The van der Waals surface area contributed by atoms with Crippen LogP contribution in [0.3, 0.4) is 0 Å². The molecule has 0 spiro atoms. The van der Waals surface area contributed by atoms with Gasteiger partial charge >= 0.3 is 0 Å². The summed E-state index contributed by atoms with van der Waals surface area (Å²) in [6, 6.07) is 7.14. The Kier molecular flexibility index (Phi) is 7.76. The number of hydrogen-bond donors (Lipinski definition) is 0. The number of aromatic nitrogens is 2. The van der Waals surface area contributed by atoms with Crippen molar-refractivity contribution in [3.63, 3.8) is 0 Å². The van der Waals surface area contributed by atoms with Crippen LogP contribution in [0.15, 0.2) is 46.5 Å². The van der Waals surface area contributed by atoms with Crippen molar-refractivity contribution in [3.8, 4) is 17.8 Å². The fourth-order valence-corrected chi connectivity index (χ4v) is 2.98. The monoisotopic (exact) mass is 419 g/mol. The molecule has 0 aliphatic rings. The number of ether oxygens (including phenoxy) is 2. The van der Waals surface area contributed by atoms with Gasteiger partial charge in [-0.1, -0.05) is 0 Å². The molecule has 0 aliphatic heterocycles. The predicted octanol–water partition coefficient (Wildman–Crippen LogP) is 1.41. The van der Waals surface area contributed by atoms with Crippen LogP contribution in [0.4, 0.5) is 0 Å². The Morgan fingerprint density at radius 2 is 1.42 bits per heavy atom. The first kappa shape index (κ1) is 21.6. The molecular formula is C14H14ClN3O6S2. The van der Waals surface area contributed by atoms with Gasteiger partial charge in [0.15, 0.2) is 9.84 Å². The molecule has 2 aromatic rings. The smallest absolute Gasteiger partial charge is 0.262 e. The molecule has 0 amide bonds. The molecule has 0 bridgehead atoms. The van der Waals surface area contributed by atoms with Crippen LogP contribution < -0.4 is 9.47 Å². The summed E-state index contributed by atoms with van der Waals surface area (Å²) in [6.45, 7) is 0. The van der Waals surface area contributed by atoms with Gasteiger partial charge in [0.05, 0.1) is 31.4 Å². The number of rotatable bonds is 5. The molecule has 9 nitrogen and oxygen atoms in total. The lowest BCUT2D eigenvalue weighted by molar-refractivity contribution is 0.397. The van der Waals surface area contributed by atoms with Crippen LogP contribution in [0.1, 0.15) is 0 Å². The molecule has 0 radical (unpaired) electrons. The first-order chi connectivity index (χ1) is 12.1. The Labute approximate surface area is 155 Å². The molecule has 0 unspecified atom stereocenters. The Morgan fingerprint density at radius 3 is 1.73 bits per heavy atom. The molecule has 0 saturated heterocycles. The highest BCUT2D eigenvalue weighted by Crippen LogP contribution is 2.15. The molecule has 140 valence electrons. The lowest BCUT2D eigenvalue weighted by Crippen LogP contribution is -2.05. The summed E-state index contributed by atoms with van der Waals surface area (Å²) in [6.07, 6.45) is 2.31. The van der Waals surface area contributed by atoms with Crippen LogP contribution in [0.5, 0.6) is 11.8 Å². The minimum atomic E-state index is -3.67. The van der Waals surface area contributed by atoms with Crippen molar-refractivity contribution in [1.29, 1.82) is 5.26 Å². The van der Waals surface area contributed by atoms with E-state index in [1.54, 1.807) is 6.07 Å². The minimum absolute atomic E-state index is 0.0276. The van der Waals surface area contributed by atoms with E-state index in [0.717, 1.165) is 6.20 Å². The third kappa shape index (κ3) is 6.47. The highest BCUT2D eigenvalue weighted by molar-refractivity contribution is 8.13. The summed E-state index contributed by atoms with van der Waals surface area (Å²) >= 11 is 0. The summed E-state index contributed by atoms with van der Waals surface area (Å²) in [5.74, 6) is 0.140. The number of halogens is 1. The molecule has 0 N–H and O–H groups in total. The zero-order chi connectivity index (χ0) is 19.8. The van der Waals surface area contributed by atoms with E-state index >= 15 is 0 Å². The fraction of sp³-hybridized carbons (Fsp3) is 0.214. The Hall–Kier alpha value is -2.42. The number of nitrogens with zero attached hydrogens (tertiary/aromatic N) is 3. The van der Waals surface area contributed by atoms with Gasteiger partial charge in [-0.05, 0) is 12.1 Å². The molecule has 2 aromatic heterocycles. The van der Waals surface area contributed by atoms with Gasteiger partial charge in [-0.15, -0.1) is 0 Å². The van der Waals surface area contributed by atoms with E-state index in [-0.39, 0.29) is 9.79 Å². The van der Waals surface area contributed by atoms with Crippen LogP contribution in [-0.2, 0) is 18.9 Å². The maximum Gasteiger partial charge on any atom is 0.262 e. The number of sulfone groups is 1. The maximum atomic E-state index is 11.3. The SMILES string of the molecule is COc1ccc(S(=O)(=O)CC#N)cn1.COc1ccc(S(=O)(=O)Cl)cn1. The summed E-state index contributed by atoms with van der Waals surface area (Å²) in [5.41, 5.74) is 0. The molecule has 0 aromatic carbocycles. The van der Waals surface area contributed by atoms with Gasteiger partial charge in [0, 0.05) is 29.0 Å². The van der Waals surface area contributed by atoms with Crippen LogP contribution in [0.25, 0.3) is 0 Å². The molecule has 0 aliphatic carbocycles. The van der Waals surface area contributed by atoms with E-state index in [0.29, 0.717) is 11.8 Å². The van der Waals surface area contributed by atoms with Crippen molar-refractivity contribution in [1.82, 2.24) is 9.97 Å². The van der Waals surface area contributed by atoms with Crippen molar-refractivity contribution >= 4 is 29.6 Å². The number of pyridine rings is 2. The van der Waals surface area contributed by atoms with Gasteiger partial charge < -0.3 is 9.47 Å². The summed E-state index contributed by atoms with van der Waals surface area (Å²) in [4.78, 5) is 7.40. The zero-order valence-corrected chi connectivity index (χ0v) is 16.0. The van der Waals surface area contributed by atoms with Gasteiger partial charge in [0.25, 0.3) is 9.05 Å². The highest BCUT2D eigenvalue weighted by Gasteiger charge is 2.14. The van der Waals surface area contributed by atoms with Crippen molar-refractivity contribution in [2.24, 2.45) is 0 Å². The summed E-state index contributed by atoms with van der Waals surface area (Å²) in [7, 11) is 0.735. The molecule has 0 saturated carbocycles. The zero-order valence-electron chi connectivity index (χ0n) is 13.7. The van der Waals surface area contributed by atoms with Gasteiger partial charge in [-0.3, -0.25) is 0 Å². The molecule has 2 rings (SSSR count). The van der Waals surface area contributed by atoms with Crippen LogP contribution >= 0.6 is 10.7 Å². The fourth-order valence-electron chi connectivity index (χ4n) is 1.47. The van der Waals surface area contributed by atoms with Crippen LogP contribution in [0.2, 0.25) is 0 Å². The molecule has 2 heterocycles. The minimum Gasteiger partial charge on any atom is -0.481 e. The summed E-state index contributed by atoms with van der Waals surface area (Å²) < 4.78 is 53.6. The molecule has 12 heteroatoms. The van der Waals surface area contributed by atoms with Crippen LogP contribution in [0, 0.1) is 11.3 Å². The number of hydrogen-bond acceptors (Lipinski definition) is 9. The van der Waals surface area contributed by atoms with Gasteiger partial charge in [0.2, 0.25) is 11.8 Å². The van der Waals surface area contributed by atoms with Gasteiger partial charge in [0.1, 0.15) is 10.6 Å². The predicted molar refractivity (Wildman–Crippen MR) is 92.3 cm³/mol. The van der Waals surface area contributed by atoms with Gasteiger partial charge in [-0.25, -0.2) is 26.8 Å². The summed E-state index contributed by atoms with van der Waals surface area (Å²) in [5, 5.41) is 8.29. The molecular weight excluding hydrogens is 406 g/mol. The third-order valence-electron chi connectivity index (χ3n) is 2.73. The lowest BCUT2D eigenvalue weighted by Gasteiger charge is -2.00. The average molecular weight is 420 g/mol. The second kappa shape index (κ2) is 9.33. The number of nitriles is 1. The Bertz CT molecular complexity index is 969. The Morgan fingerprint density at radius 1 is 0.962 bits per heavy atom. The average Bonchev–Trinajstić information content (AvgIpc) is 2.61. The van der Waals surface area contributed by atoms with Crippen molar-refractivity contribution in [2.75, 3.05) is 20.0 Å². The van der Waals surface area contributed by atoms with E-state index < -0.39 is 24.6 Å². The van der Waals surface area contributed by atoms with E-state index in [1.165, 1.54) is 44.7 Å². The van der Waals surface area contributed by atoms with Crippen molar-refractivity contribution in [3.05, 3.63) is 36.7 Å². The van der Waals surface area contributed by atoms with E-state index in [2.05, 4.69) is 9.97 Å². The quantitative estimate of drug-likeness (QED) is 0.658. The second-order valence-electron chi connectivity index (χ2n) is 4.43. The first-order valence-electron chi connectivity index (χ1n) is 6.68.